The zero-order chi connectivity index (χ0) is 12.3. The van der Waals surface area contributed by atoms with Crippen molar-refractivity contribution < 1.29 is 4.79 Å². The average molecular weight is 252 g/mol. The van der Waals surface area contributed by atoms with Crippen LogP contribution < -0.4 is 0 Å². The Labute approximate surface area is 109 Å². The van der Waals surface area contributed by atoms with Crippen molar-refractivity contribution in [3.63, 3.8) is 0 Å². The number of hydrogen-bond acceptors (Lipinski definition) is 2. The molecule has 0 heterocycles. The molecule has 3 fully saturated rings. The van der Waals surface area contributed by atoms with Crippen molar-refractivity contribution in [1.82, 2.24) is 0 Å². The summed E-state index contributed by atoms with van der Waals surface area (Å²) in [5.74, 6) is 2.85. The minimum absolute atomic E-state index is 0.0389. The lowest BCUT2D eigenvalue weighted by atomic mass is 9.66. The molecule has 0 radical (unpaired) electrons. The monoisotopic (exact) mass is 252 g/mol. The highest BCUT2D eigenvalue weighted by Crippen LogP contribution is 2.76. The molecule has 0 amide bonds. The van der Waals surface area contributed by atoms with Crippen molar-refractivity contribution in [3.8, 4) is 0 Å². The summed E-state index contributed by atoms with van der Waals surface area (Å²) in [6.07, 6.45) is 7.77. The maximum Gasteiger partial charge on any atom is 0.127 e. The Balaban J connectivity index is 1.73. The maximum atomic E-state index is 11.7. The fourth-order valence-electron chi connectivity index (χ4n) is 3.90. The van der Waals surface area contributed by atoms with Crippen molar-refractivity contribution in [3.05, 3.63) is 0 Å². The van der Waals surface area contributed by atoms with Crippen molar-refractivity contribution >= 4 is 18.0 Å². The third-order valence-corrected chi connectivity index (χ3v) is 8.09. The van der Waals surface area contributed by atoms with E-state index in [4.69, 9.17) is 0 Å². The molecule has 1 nitrogen and oxygen atoms in total. The molecule has 0 aromatic carbocycles. The highest BCUT2D eigenvalue weighted by molar-refractivity contribution is 8.01. The van der Waals surface area contributed by atoms with Crippen molar-refractivity contribution in [2.24, 2.45) is 22.7 Å². The van der Waals surface area contributed by atoms with Gasteiger partial charge in [0.2, 0.25) is 0 Å². The lowest BCUT2D eigenvalue weighted by molar-refractivity contribution is -0.120. The summed E-state index contributed by atoms with van der Waals surface area (Å²) < 4.78 is 0.663. The highest BCUT2D eigenvalue weighted by atomic mass is 32.2. The van der Waals surface area contributed by atoms with E-state index in [1.165, 1.54) is 32.0 Å². The number of carbonyl (C=O) groups is 1. The molecule has 2 atom stereocenters. The molecule has 0 saturated heterocycles. The molecule has 3 saturated carbocycles. The lowest BCUT2D eigenvalue weighted by Crippen LogP contribution is -2.40. The van der Waals surface area contributed by atoms with Crippen LogP contribution in [0.4, 0.5) is 0 Å². The standard InChI is InChI=1S/C15H24OS/c1-4-11-5-6-14(9-16,13(11,2)3)10-17-15-7-12(15)8-15/h9,11-12H,4-8,10H2,1-3H3. The first-order chi connectivity index (χ1) is 8.00. The van der Waals surface area contributed by atoms with E-state index < -0.39 is 0 Å². The molecule has 0 aromatic heterocycles. The second kappa shape index (κ2) is 3.53. The first-order valence-electron chi connectivity index (χ1n) is 7.10. The van der Waals surface area contributed by atoms with Gasteiger partial charge in [0, 0.05) is 15.9 Å². The Morgan fingerprint density at radius 3 is 2.41 bits per heavy atom. The van der Waals surface area contributed by atoms with Crippen LogP contribution in [0.2, 0.25) is 0 Å². The zero-order valence-corrected chi connectivity index (χ0v) is 12.1. The Morgan fingerprint density at radius 1 is 1.35 bits per heavy atom. The van der Waals surface area contributed by atoms with Gasteiger partial charge in [0.1, 0.15) is 6.29 Å². The smallest absolute Gasteiger partial charge is 0.127 e. The number of thioether (sulfide) groups is 1. The van der Waals surface area contributed by atoms with Gasteiger partial charge in [-0.3, -0.25) is 0 Å². The lowest BCUT2D eigenvalue weighted by Gasteiger charge is -2.40. The predicted octanol–water partition coefficient (Wildman–Crippen LogP) is 3.91. The van der Waals surface area contributed by atoms with Crippen molar-refractivity contribution in [2.75, 3.05) is 5.75 Å². The fourth-order valence-corrected chi connectivity index (χ4v) is 5.91. The molecule has 96 valence electrons. The minimum Gasteiger partial charge on any atom is -0.303 e. The Bertz CT molecular complexity index is 343. The number of carbonyl (C=O) groups excluding carboxylic acids is 1. The van der Waals surface area contributed by atoms with E-state index in [0.717, 1.165) is 24.0 Å². The third kappa shape index (κ3) is 1.55. The molecule has 0 N–H and O–H groups in total. The molecular weight excluding hydrogens is 228 g/mol. The van der Waals surface area contributed by atoms with Crippen LogP contribution in [0.15, 0.2) is 0 Å². The molecule has 0 aliphatic heterocycles. The molecule has 17 heavy (non-hydrogen) atoms. The molecule has 0 aromatic rings. The van der Waals surface area contributed by atoms with Gasteiger partial charge >= 0.3 is 0 Å². The first-order valence-corrected chi connectivity index (χ1v) is 8.08. The van der Waals surface area contributed by atoms with Gasteiger partial charge in [0.15, 0.2) is 0 Å². The second-order valence-electron chi connectivity index (χ2n) is 7.10. The van der Waals surface area contributed by atoms with Gasteiger partial charge in [-0.15, -0.1) is 0 Å². The summed E-state index contributed by atoms with van der Waals surface area (Å²) in [7, 11) is 0. The zero-order valence-electron chi connectivity index (χ0n) is 11.3. The van der Waals surface area contributed by atoms with Crippen LogP contribution in [0.5, 0.6) is 0 Å². The maximum absolute atomic E-state index is 11.7. The molecule has 3 aliphatic carbocycles. The molecule has 3 rings (SSSR count). The second-order valence-corrected chi connectivity index (χ2v) is 8.49. The van der Waals surface area contributed by atoms with Gasteiger partial charge in [-0.05, 0) is 42.9 Å². The van der Waals surface area contributed by atoms with Crippen molar-refractivity contribution in [1.29, 1.82) is 0 Å². The molecular formula is C15H24OS. The summed E-state index contributed by atoms with van der Waals surface area (Å²) in [6.45, 7) is 6.94. The summed E-state index contributed by atoms with van der Waals surface area (Å²) in [6, 6.07) is 0. The molecule has 2 heteroatoms. The molecule has 3 aliphatic rings. The van der Waals surface area contributed by atoms with Gasteiger partial charge in [-0.25, -0.2) is 0 Å². The van der Waals surface area contributed by atoms with E-state index >= 15 is 0 Å². The summed E-state index contributed by atoms with van der Waals surface area (Å²) in [4.78, 5) is 11.7. The van der Waals surface area contributed by atoms with Gasteiger partial charge in [0.25, 0.3) is 0 Å². The van der Waals surface area contributed by atoms with E-state index in [-0.39, 0.29) is 10.8 Å². The Morgan fingerprint density at radius 2 is 2.00 bits per heavy atom. The van der Waals surface area contributed by atoms with Crippen LogP contribution in [-0.2, 0) is 4.79 Å². The van der Waals surface area contributed by atoms with E-state index in [0.29, 0.717) is 4.75 Å². The topological polar surface area (TPSA) is 17.1 Å². The average Bonchev–Trinajstić information content (AvgIpc) is 3.09. The number of rotatable bonds is 5. The van der Waals surface area contributed by atoms with Crippen molar-refractivity contribution in [2.45, 2.75) is 57.6 Å². The van der Waals surface area contributed by atoms with E-state index in [1.54, 1.807) is 0 Å². The molecule has 0 spiro atoms. The largest absolute Gasteiger partial charge is 0.303 e. The number of aldehydes is 1. The normalized spacial score (nSPS) is 49.8. The van der Waals surface area contributed by atoms with Crippen LogP contribution in [0.25, 0.3) is 0 Å². The summed E-state index contributed by atoms with van der Waals surface area (Å²) >= 11 is 2.12. The Kier molecular flexibility index (Phi) is 2.50. The number of fused-ring (bicyclic) bond motifs is 1. The van der Waals surface area contributed by atoms with Crippen LogP contribution in [-0.4, -0.2) is 16.8 Å². The first kappa shape index (κ1) is 12.1. The van der Waals surface area contributed by atoms with Gasteiger partial charge in [-0.2, -0.15) is 11.8 Å². The third-order valence-electron chi connectivity index (χ3n) is 6.19. The van der Waals surface area contributed by atoms with Crippen LogP contribution in [0.1, 0.15) is 52.9 Å². The number of hydrogen-bond donors (Lipinski definition) is 0. The van der Waals surface area contributed by atoms with Crippen LogP contribution >= 0.6 is 11.8 Å². The highest BCUT2D eigenvalue weighted by Gasteiger charge is 2.70. The fraction of sp³-hybridized carbons (Fsp3) is 0.933. The molecule has 2 unspecified atom stereocenters. The van der Waals surface area contributed by atoms with E-state index in [2.05, 4.69) is 32.5 Å². The quantitative estimate of drug-likeness (QED) is 0.690. The van der Waals surface area contributed by atoms with Gasteiger partial charge < -0.3 is 4.79 Å². The minimum atomic E-state index is -0.0389. The SMILES string of the molecule is CCC1CCC(C=O)(CSC23CC2C3)C1(C)C. The Hall–Kier alpha value is 0.0200. The van der Waals surface area contributed by atoms with Gasteiger partial charge in [0.05, 0.1) is 0 Å². The predicted molar refractivity (Wildman–Crippen MR) is 73.2 cm³/mol. The van der Waals surface area contributed by atoms with Crippen LogP contribution in [0.3, 0.4) is 0 Å². The van der Waals surface area contributed by atoms with Gasteiger partial charge in [-0.1, -0.05) is 27.2 Å². The van der Waals surface area contributed by atoms with Crippen LogP contribution in [0, 0.1) is 22.7 Å². The summed E-state index contributed by atoms with van der Waals surface area (Å²) in [5, 5.41) is 0. The summed E-state index contributed by atoms with van der Waals surface area (Å²) in [5.41, 5.74) is 0.162. The van der Waals surface area contributed by atoms with E-state index in [9.17, 15) is 4.79 Å². The van der Waals surface area contributed by atoms with E-state index in [1.807, 2.05) is 0 Å². The molecule has 0 bridgehead atoms.